The lowest BCUT2D eigenvalue weighted by Gasteiger charge is -2.16. The Morgan fingerprint density at radius 1 is 1.32 bits per heavy atom. The fraction of sp³-hybridized carbons (Fsp3) is 0.688. The lowest BCUT2D eigenvalue weighted by Crippen LogP contribution is -2.34. The summed E-state index contributed by atoms with van der Waals surface area (Å²) < 4.78 is 0. The molecule has 122 valence electrons. The largest absolute Gasteiger partial charge is 0.353 e. The molecule has 0 unspecified atom stereocenters. The Balaban J connectivity index is 1.89. The zero-order chi connectivity index (χ0) is 15.9. The van der Waals surface area contributed by atoms with Gasteiger partial charge in [0.05, 0.1) is 0 Å². The maximum absolute atomic E-state index is 12.1. The number of aryl methyl sites for hydroxylation is 1. The van der Waals surface area contributed by atoms with Crippen molar-refractivity contribution in [3.8, 4) is 0 Å². The summed E-state index contributed by atoms with van der Waals surface area (Å²) >= 11 is 1.41. The van der Waals surface area contributed by atoms with Crippen molar-refractivity contribution in [1.29, 1.82) is 0 Å². The van der Waals surface area contributed by atoms with Gasteiger partial charge in [-0.3, -0.25) is 9.59 Å². The quantitative estimate of drug-likeness (QED) is 0.496. The van der Waals surface area contributed by atoms with Crippen molar-refractivity contribution in [2.24, 2.45) is 0 Å². The van der Waals surface area contributed by atoms with Crippen LogP contribution in [0, 0.1) is 6.92 Å². The summed E-state index contributed by atoms with van der Waals surface area (Å²) in [6.07, 6.45) is 9.76. The molecule has 22 heavy (non-hydrogen) atoms. The first kappa shape index (κ1) is 17.1. The third kappa shape index (κ3) is 4.87. The van der Waals surface area contributed by atoms with Crippen LogP contribution in [0.15, 0.2) is 9.95 Å². The molecule has 1 amide bonds. The number of nitrogens with zero attached hydrogens (tertiary/aromatic N) is 1. The summed E-state index contributed by atoms with van der Waals surface area (Å²) in [5, 5.41) is 3.73. The van der Waals surface area contributed by atoms with Crippen LogP contribution in [0.25, 0.3) is 0 Å². The third-order valence-electron chi connectivity index (χ3n) is 4.22. The van der Waals surface area contributed by atoms with Crippen molar-refractivity contribution in [3.05, 3.63) is 21.6 Å². The van der Waals surface area contributed by atoms with Gasteiger partial charge < -0.3 is 10.3 Å². The van der Waals surface area contributed by atoms with Gasteiger partial charge in [0.1, 0.15) is 0 Å². The molecule has 1 saturated carbocycles. The Bertz CT molecular complexity index is 563. The SMILES string of the molecule is CSc1nc(C)c(CCC(=O)NC2CCCCCC2)c(=O)[nH]1. The van der Waals surface area contributed by atoms with Crippen LogP contribution >= 0.6 is 11.8 Å². The van der Waals surface area contributed by atoms with Crippen LogP contribution in [0.2, 0.25) is 0 Å². The van der Waals surface area contributed by atoms with E-state index in [1.807, 2.05) is 13.2 Å². The van der Waals surface area contributed by atoms with Gasteiger partial charge in [-0.1, -0.05) is 37.4 Å². The number of aromatic amines is 1. The molecule has 5 nitrogen and oxygen atoms in total. The van der Waals surface area contributed by atoms with Crippen LogP contribution in [0.1, 0.15) is 56.2 Å². The van der Waals surface area contributed by atoms with Gasteiger partial charge in [0.25, 0.3) is 5.56 Å². The lowest BCUT2D eigenvalue weighted by atomic mass is 10.1. The maximum Gasteiger partial charge on any atom is 0.254 e. The van der Waals surface area contributed by atoms with Gasteiger partial charge in [0, 0.05) is 23.7 Å². The van der Waals surface area contributed by atoms with Crippen LogP contribution in [0.4, 0.5) is 0 Å². The third-order valence-corrected chi connectivity index (χ3v) is 4.80. The number of nitrogens with one attached hydrogen (secondary N) is 2. The molecule has 2 rings (SSSR count). The number of thioether (sulfide) groups is 1. The Kier molecular flexibility index (Phi) is 6.49. The summed E-state index contributed by atoms with van der Waals surface area (Å²) in [5.74, 6) is 0.0413. The highest BCUT2D eigenvalue weighted by Crippen LogP contribution is 2.17. The molecule has 0 saturated heterocycles. The monoisotopic (exact) mass is 323 g/mol. The number of carbonyl (C=O) groups excluding carboxylic acids is 1. The smallest absolute Gasteiger partial charge is 0.254 e. The molecule has 1 aromatic rings. The Labute approximate surface area is 135 Å². The van der Waals surface area contributed by atoms with Crippen molar-refractivity contribution < 1.29 is 4.79 Å². The molecule has 1 aromatic heterocycles. The van der Waals surface area contributed by atoms with Gasteiger partial charge in [0.15, 0.2) is 5.16 Å². The average Bonchev–Trinajstić information content (AvgIpc) is 2.74. The molecular formula is C16H25N3O2S. The van der Waals surface area contributed by atoms with E-state index in [9.17, 15) is 9.59 Å². The molecule has 2 N–H and O–H groups in total. The molecular weight excluding hydrogens is 298 g/mol. The highest BCUT2D eigenvalue weighted by molar-refractivity contribution is 7.98. The summed E-state index contributed by atoms with van der Waals surface area (Å²) in [6, 6.07) is 0.311. The second-order valence-corrected chi connectivity index (χ2v) is 6.69. The van der Waals surface area contributed by atoms with E-state index in [0.29, 0.717) is 29.6 Å². The summed E-state index contributed by atoms with van der Waals surface area (Å²) in [4.78, 5) is 31.2. The number of H-pyrrole nitrogens is 1. The van der Waals surface area contributed by atoms with Gasteiger partial charge in [-0.2, -0.15) is 0 Å². The van der Waals surface area contributed by atoms with Crippen molar-refractivity contribution >= 4 is 17.7 Å². The van der Waals surface area contributed by atoms with Gasteiger partial charge in [-0.15, -0.1) is 0 Å². The van der Waals surface area contributed by atoms with Crippen LogP contribution in [-0.2, 0) is 11.2 Å². The molecule has 0 bridgehead atoms. The predicted octanol–water partition coefficient (Wildman–Crippen LogP) is 2.57. The normalized spacial score (nSPS) is 16.3. The molecule has 1 aliphatic rings. The van der Waals surface area contributed by atoms with Crippen LogP contribution < -0.4 is 10.9 Å². The number of hydrogen-bond donors (Lipinski definition) is 2. The highest BCUT2D eigenvalue weighted by Gasteiger charge is 2.16. The van der Waals surface area contributed by atoms with Gasteiger partial charge in [-0.25, -0.2) is 4.98 Å². The van der Waals surface area contributed by atoms with Gasteiger partial charge in [-0.05, 0) is 32.4 Å². The van der Waals surface area contributed by atoms with E-state index in [1.54, 1.807) is 0 Å². The molecule has 1 fully saturated rings. The van der Waals surface area contributed by atoms with E-state index in [1.165, 1.54) is 37.4 Å². The number of aromatic nitrogens is 2. The van der Waals surface area contributed by atoms with Gasteiger partial charge >= 0.3 is 0 Å². The number of rotatable bonds is 5. The van der Waals surface area contributed by atoms with Gasteiger partial charge in [0.2, 0.25) is 5.91 Å². The molecule has 0 aliphatic heterocycles. The van der Waals surface area contributed by atoms with Crippen molar-refractivity contribution in [3.63, 3.8) is 0 Å². The maximum atomic E-state index is 12.1. The fourth-order valence-electron chi connectivity index (χ4n) is 2.94. The predicted molar refractivity (Wildman–Crippen MR) is 89.3 cm³/mol. The van der Waals surface area contributed by atoms with E-state index in [-0.39, 0.29) is 11.5 Å². The molecule has 0 aromatic carbocycles. The Morgan fingerprint density at radius 3 is 2.59 bits per heavy atom. The molecule has 6 heteroatoms. The minimum atomic E-state index is -0.126. The summed E-state index contributed by atoms with van der Waals surface area (Å²) in [6.45, 7) is 1.83. The zero-order valence-electron chi connectivity index (χ0n) is 13.4. The van der Waals surface area contributed by atoms with Crippen LogP contribution in [0.5, 0.6) is 0 Å². The van der Waals surface area contributed by atoms with Crippen LogP contribution in [0.3, 0.4) is 0 Å². The number of carbonyl (C=O) groups is 1. The Morgan fingerprint density at radius 2 is 2.00 bits per heavy atom. The van der Waals surface area contributed by atoms with Crippen LogP contribution in [-0.4, -0.2) is 28.2 Å². The minimum absolute atomic E-state index is 0.0413. The van der Waals surface area contributed by atoms with Crippen molar-refractivity contribution in [2.45, 2.75) is 69.5 Å². The zero-order valence-corrected chi connectivity index (χ0v) is 14.2. The molecule has 1 aliphatic carbocycles. The minimum Gasteiger partial charge on any atom is -0.353 e. The summed E-state index contributed by atoms with van der Waals surface area (Å²) in [7, 11) is 0. The lowest BCUT2D eigenvalue weighted by molar-refractivity contribution is -0.121. The van der Waals surface area contributed by atoms with E-state index in [4.69, 9.17) is 0 Å². The van der Waals surface area contributed by atoms with E-state index >= 15 is 0 Å². The number of amides is 1. The molecule has 0 spiro atoms. The van der Waals surface area contributed by atoms with E-state index in [2.05, 4.69) is 15.3 Å². The average molecular weight is 323 g/mol. The standard InChI is InChI=1S/C16H25N3O2S/c1-11-13(15(21)19-16(17-11)22-2)9-10-14(20)18-12-7-5-3-4-6-8-12/h12H,3-10H2,1-2H3,(H,18,20)(H,17,19,21). The summed E-state index contributed by atoms with van der Waals surface area (Å²) in [5.41, 5.74) is 1.21. The van der Waals surface area contributed by atoms with Crippen molar-refractivity contribution in [2.75, 3.05) is 6.26 Å². The van der Waals surface area contributed by atoms with E-state index in [0.717, 1.165) is 18.5 Å². The second kappa shape index (κ2) is 8.36. The van der Waals surface area contributed by atoms with Crippen molar-refractivity contribution in [1.82, 2.24) is 15.3 Å². The Hall–Kier alpha value is -1.30. The highest BCUT2D eigenvalue weighted by atomic mass is 32.2. The number of hydrogen-bond acceptors (Lipinski definition) is 4. The van der Waals surface area contributed by atoms with E-state index < -0.39 is 0 Å². The first-order chi connectivity index (χ1) is 10.6. The molecule has 0 atom stereocenters. The fourth-order valence-corrected chi connectivity index (χ4v) is 3.36. The first-order valence-electron chi connectivity index (χ1n) is 8.03. The second-order valence-electron chi connectivity index (χ2n) is 5.90. The topological polar surface area (TPSA) is 74.8 Å². The molecule has 1 heterocycles. The first-order valence-corrected chi connectivity index (χ1v) is 9.25. The molecule has 0 radical (unpaired) electrons.